The van der Waals surface area contributed by atoms with Crippen LogP contribution in [0, 0.1) is 6.92 Å². The topological polar surface area (TPSA) is 30.9 Å². The van der Waals surface area contributed by atoms with Gasteiger partial charge in [-0.2, -0.15) is 0 Å². The number of rotatable bonds is 7. The van der Waals surface area contributed by atoms with Gasteiger partial charge < -0.3 is 14.2 Å². The molecule has 4 nitrogen and oxygen atoms in total. The fraction of sp³-hybridized carbons (Fsp3) is 0.545. The lowest BCUT2D eigenvalue weighted by Gasteiger charge is -2.26. The van der Waals surface area contributed by atoms with Gasteiger partial charge in [0.05, 0.1) is 26.9 Å². The third kappa shape index (κ3) is 4.30. The number of hydrogen-bond donors (Lipinski definition) is 0. The van der Waals surface area contributed by atoms with Crippen molar-refractivity contribution in [3.8, 4) is 11.5 Å². The summed E-state index contributed by atoms with van der Waals surface area (Å²) < 4.78 is 17.3. The van der Waals surface area contributed by atoms with E-state index in [4.69, 9.17) is 14.2 Å². The number of nitrogens with zero attached hydrogens (tertiary/aromatic N) is 1. The van der Waals surface area contributed by atoms with Crippen molar-refractivity contribution < 1.29 is 14.2 Å². The number of morpholine rings is 1. The van der Waals surface area contributed by atoms with E-state index in [1.54, 1.807) is 7.11 Å². The predicted octanol–water partition coefficient (Wildman–Crippen LogP) is 4.38. The highest BCUT2D eigenvalue weighted by atomic mass is 16.5. The number of benzene rings is 2. The van der Waals surface area contributed by atoms with Crippen molar-refractivity contribution in [1.29, 1.82) is 0 Å². The van der Waals surface area contributed by atoms with Crippen LogP contribution in [-0.2, 0) is 4.74 Å². The fourth-order valence-electron chi connectivity index (χ4n) is 3.56. The van der Waals surface area contributed by atoms with Crippen LogP contribution in [0.2, 0.25) is 0 Å². The summed E-state index contributed by atoms with van der Waals surface area (Å²) in [6, 6.07) is 8.70. The molecule has 142 valence electrons. The largest absolute Gasteiger partial charge is 0.496 e. The lowest BCUT2D eigenvalue weighted by Crippen LogP contribution is -2.37. The first-order valence-electron chi connectivity index (χ1n) is 9.64. The molecule has 1 aliphatic heterocycles. The van der Waals surface area contributed by atoms with E-state index in [0.717, 1.165) is 62.8 Å². The SMILES string of the molecule is COc1cc2c(OCCCN3CCOCC3)c(C)ccc2cc1C(C)C. The Balaban J connectivity index is 1.75. The number of methoxy groups -OCH3 is 1. The second kappa shape index (κ2) is 8.74. The first-order chi connectivity index (χ1) is 12.6. The fourth-order valence-corrected chi connectivity index (χ4v) is 3.56. The second-order valence-electron chi connectivity index (χ2n) is 7.34. The highest BCUT2D eigenvalue weighted by Gasteiger charge is 2.14. The molecule has 1 aliphatic rings. The number of aryl methyl sites for hydroxylation is 1. The van der Waals surface area contributed by atoms with Gasteiger partial charge in [0.1, 0.15) is 11.5 Å². The Morgan fingerprint density at radius 2 is 1.92 bits per heavy atom. The average molecular weight is 357 g/mol. The highest BCUT2D eigenvalue weighted by molar-refractivity contribution is 5.91. The molecule has 0 aliphatic carbocycles. The summed E-state index contributed by atoms with van der Waals surface area (Å²) >= 11 is 0. The molecular weight excluding hydrogens is 326 g/mol. The van der Waals surface area contributed by atoms with Gasteiger partial charge in [-0.15, -0.1) is 0 Å². The van der Waals surface area contributed by atoms with Crippen LogP contribution < -0.4 is 9.47 Å². The van der Waals surface area contributed by atoms with Gasteiger partial charge in [0, 0.05) is 25.0 Å². The third-order valence-corrected chi connectivity index (χ3v) is 5.11. The van der Waals surface area contributed by atoms with E-state index in [9.17, 15) is 0 Å². The maximum atomic E-state index is 6.23. The molecule has 1 saturated heterocycles. The van der Waals surface area contributed by atoms with Crippen molar-refractivity contribution in [2.75, 3.05) is 46.6 Å². The van der Waals surface area contributed by atoms with Crippen molar-refractivity contribution in [3.63, 3.8) is 0 Å². The molecular formula is C22H31NO3. The zero-order valence-corrected chi connectivity index (χ0v) is 16.5. The van der Waals surface area contributed by atoms with E-state index >= 15 is 0 Å². The van der Waals surface area contributed by atoms with Gasteiger partial charge in [-0.3, -0.25) is 4.90 Å². The van der Waals surface area contributed by atoms with Gasteiger partial charge in [-0.1, -0.05) is 26.0 Å². The minimum Gasteiger partial charge on any atom is -0.496 e. The predicted molar refractivity (Wildman–Crippen MR) is 107 cm³/mol. The van der Waals surface area contributed by atoms with Crippen LogP contribution >= 0.6 is 0 Å². The van der Waals surface area contributed by atoms with Gasteiger partial charge in [-0.05, 0) is 47.9 Å². The molecule has 2 aromatic carbocycles. The van der Waals surface area contributed by atoms with Gasteiger partial charge in [0.2, 0.25) is 0 Å². The van der Waals surface area contributed by atoms with Crippen LogP contribution in [0.4, 0.5) is 0 Å². The molecule has 0 atom stereocenters. The molecule has 1 fully saturated rings. The van der Waals surface area contributed by atoms with E-state index in [1.807, 2.05) is 0 Å². The Bertz CT molecular complexity index is 736. The lowest BCUT2D eigenvalue weighted by molar-refractivity contribution is 0.0358. The standard InChI is InChI=1S/C22H31NO3/c1-16(2)19-14-18-7-6-17(3)22(20(18)15-21(19)24-4)26-11-5-8-23-9-12-25-13-10-23/h6-7,14-16H,5,8-13H2,1-4H3. The van der Waals surface area contributed by atoms with Crippen LogP contribution in [-0.4, -0.2) is 51.5 Å². The Labute approximate surface area is 157 Å². The Kier molecular flexibility index (Phi) is 6.38. The number of fused-ring (bicyclic) bond motifs is 1. The number of ether oxygens (including phenoxy) is 3. The molecule has 0 spiro atoms. The Morgan fingerprint density at radius 3 is 2.62 bits per heavy atom. The molecule has 0 amide bonds. The van der Waals surface area contributed by atoms with E-state index in [0.29, 0.717) is 5.92 Å². The van der Waals surface area contributed by atoms with Crippen molar-refractivity contribution in [1.82, 2.24) is 4.90 Å². The normalized spacial score (nSPS) is 15.6. The van der Waals surface area contributed by atoms with Crippen LogP contribution in [0.15, 0.2) is 24.3 Å². The molecule has 3 rings (SSSR count). The van der Waals surface area contributed by atoms with E-state index in [-0.39, 0.29) is 0 Å². The van der Waals surface area contributed by atoms with Crippen molar-refractivity contribution in [3.05, 3.63) is 35.4 Å². The minimum absolute atomic E-state index is 0.425. The first kappa shape index (κ1) is 19.0. The Morgan fingerprint density at radius 1 is 1.15 bits per heavy atom. The van der Waals surface area contributed by atoms with E-state index in [1.165, 1.54) is 16.5 Å². The van der Waals surface area contributed by atoms with Gasteiger partial charge in [0.15, 0.2) is 0 Å². The first-order valence-corrected chi connectivity index (χ1v) is 9.64. The van der Waals surface area contributed by atoms with Crippen LogP contribution in [0.5, 0.6) is 11.5 Å². The lowest BCUT2D eigenvalue weighted by atomic mass is 9.96. The average Bonchev–Trinajstić information content (AvgIpc) is 2.66. The van der Waals surface area contributed by atoms with Gasteiger partial charge in [-0.25, -0.2) is 0 Å². The minimum atomic E-state index is 0.425. The monoisotopic (exact) mass is 357 g/mol. The summed E-state index contributed by atoms with van der Waals surface area (Å²) in [7, 11) is 1.74. The summed E-state index contributed by atoms with van der Waals surface area (Å²) in [6.07, 6.45) is 1.02. The maximum absolute atomic E-state index is 6.23. The van der Waals surface area contributed by atoms with Gasteiger partial charge >= 0.3 is 0 Å². The van der Waals surface area contributed by atoms with Crippen molar-refractivity contribution in [2.24, 2.45) is 0 Å². The zero-order valence-electron chi connectivity index (χ0n) is 16.5. The molecule has 0 unspecified atom stereocenters. The molecule has 1 heterocycles. The van der Waals surface area contributed by atoms with Crippen molar-refractivity contribution >= 4 is 10.8 Å². The molecule has 0 N–H and O–H groups in total. The third-order valence-electron chi connectivity index (χ3n) is 5.11. The van der Waals surface area contributed by atoms with Crippen LogP contribution in [0.3, 0.4) is 0 Å². The molecule has 4 heteroatoms. The quantitative estimate of drug-likeness (QED) is 0.688. The van der Waals surface area contributed by atoms with Gasteiger partial charge in [0.25, 0.3) is 0 Å². The molecule has 0 saturated carbocycles. The highest BCUT2D eigenvalue weighted by Crippen LogP contribution is 2.37. The number of hydrogen-bond acceptors (Lipinski definition) is 4. The van der Waals surface area contributed by atoms with Crippen LogP contribution in [0.25, 0.3) is 10.8 Å². The van der Waals surface area contributed by atoms with Crippen molar-refractivity contribution in [2.45, 2.75) is 33.1 Å². The summed E-state index contributed by atoms with van der Waals surface area (Å²) in [4.78, 5) is 2.45. The molecule has 0 aromatic heterocycles. The smallest absolute Gasteiger partial charge is 0.130 e. The summed E-state index contributed by atoms with van der Waals surface area (Å²) in [6.45, 7) is 12.1. The summed E-state index contributed by atoms with van der Waals surface area (Å²) in [5.74, 6) is 2.35. The second-order valence-corrected chi connectivity index (χ2v) is 7.34. The molecule has 0 radical (unpaired) electrons. The molecule has 0 bridgehead atoms. The molecule has 2 aromatic rings. The van der Waals surface area contributed by atoms with Crippen LogP contribution in [0.1, 0.15) is 37.3 Å². The maximum Gasteiger partial charge on any atom is 0.130 e. The van der Waals surface area contributed by atoms with E-state index in [2.05, 4.69) is 49.9 Å². The summed E-state index contributed by atoms with van der Waals surface area (Å²) in [5, 5.41) is 2.35. The Hall–Kier alpha value is -1.78. The van der Waals surface area contributed by atoms with E-state index < -0.39 is 0 Å². The zero-order chi connectivity index (χ0) is 18.5. The molecule has 26 heavy (non-hydrogen) atoms. The summed E-state index contributed by atoms with van der Waals surface area (Å²) in [5.41, 5.74) is 2.41.